The lowest BCUT2D eigenvalue weighted by Gasteiger charge is -2.03. The summed E-state index contributed by atoms with van der Waals surface area (Å²) in [6.45, 7) is 1.79. The molecule has 0 saturated heterocycles. The highest BCUT2D eigenvalue weighted by Crippen LogP contribution is 2.16. The molecule has 5 heteroatoms. The molecule has 0 bridgehead atoms. The molecule has 1 rings (SSSR count). The Morgan fingerprint density at radius 3 is 2.58 bits per heavy atom. The van der Waals surface area contributed by atoms with Crippen LogP contribution in [-0.4, -0.2) is 8.42 Å². The molecule has 0 unspecified atom stereocenters. The Labute approximate surface area is 72.5 Å². The summed E-state index contributed by atoms with van der Waals surface area (Å²) in [6.07, 6.45) is 0. The van der Waals surface area contributed by atoms with Crippen LogP contribution in [-0.2, 0) is 10.9 Å². The fourth-order valence-electron chi connectivity index (χ4n) is 0.911. The Bertz CT molecular complexity index is 352. The van der Waals surface area contributed by atoms with Crippen molar-refractivity contribution in [3.8, 4) is 0 Å². The Balaban J connectivity index is 3.01. The standard InChI is InChI=1S/C7H10N2O2S/c1-5-4-6(8)2-3-7(5)9-12(10)11/h2-4,12H,8H2,1H3,(H,9,10,11). The van der Waals surface area contributed by atoms with E-state index >= 15 is 0 Å². The first-order chi connectivity index (χ1) is 5.59. The molecule has 0 aromatic heterocycles. The first kappa shape index (κ1) is 8.86. The van der Waals surface area contributed by atoms with Crippen LogP contribution in [0.4, 0.5) is 11.4 Å². The zero-order valence-corrected chi connectivity index (χ0v) is 7.47. The van der Waals surface area contributed by atoms with Crippen LogP contribution in [0, 0.1) is 6.92 Å². The van der Waals surface area contributed by atoms with Crippen molar-refractivity contribution in [2.24, 2.45) is 0 Å². The first-order valence-corrected chi connectivity index (χ1v) is 4.54. The van der Waals surface area contributed by atoms with Crippen LogP contribution in [0.3, 0.4) is 0 Å². The fourth-order valence-corrected chi connectivity index (χ4v) is 1.36. The van der Waals surface area contributed by atoms with Gasteiger partial charge in [0.15, 0.2) is 0 Å². The molecule has 0 aliphatic heterocycles. The van der Waals surface area contributed by atoms with E-state index < -0.39 is 10.9 Å². The van der Waals surface area contributed by atoms with Gasteiger partial charge in [-0.3, -0.25) is 4.72 Å². The van der Waals surface area contributed by atoms with Gasteiger partial charge in [-0.25, -0.2) is 8.42 Å². The second-order valence-electron chi connectivity index (χ2n) is 2.44. The van der Waals surface area contributed by atoms with Gasteiger partial charge in [-0.15, -0.1) is 0 Å². The SMILES string of the molecule is Cc1cc(N)ccc1N[SH](=O)=O. The molecule has 0 heterocycles. The number of benzene rings is 1. The average Bonchev–Trinajstić information content (AvgIpc) is 1.94. The normalized spacial score (nSPS) is 10.2. The third kappa shape index (κ3) is 2.13. The van der Waals surface area contributed by atoms with Crippen LogP contribution in [0.5, 0.6) is 0 Å². The number of nitrogens with two attached hydrogens (primary N) is 1. The molecule has 0 spiro atoms. The van der Waals surface area contributed by atoms with Crippen molar-refractivity contribution >= 4 is 22.3 Å². The van der Waals surface area contributed by atoms with Crippen molar-refractivity contribution < 1.29 is 8.42 Å². The van der Waals surface area contributed by atoms with E-state index in [9.17, 15) is 8.42 Å². The van der Waals surface area contributed by atoms with E-state index in [-0.39, 0.29) is 0 Å². The molecule has 66 valence electrons. The maximum Gasteiger partial charge on any atom is 0.222 e. The largest absolute Gasteiger partial charge is 0.399 e. The molecule has 0 fully saturated rings. The van der Waals surface area contributed by atoms with Crippen molar-refractivity contribution in [3.63, 3.8) is 0 Å². The van der Waals surface area contributed by atoms with Gasteiger partial charge in [0.25, 0.3) is 0 Å². The van der Waals surface area contributed by atoms with Crippen LogP contribution in [0.15, 0.2) is 18.2 Å². The zero-order valence-electron chi connectivity index (χ0n) is 6.57. The number of nitrogens with one attached hydrogen (secondary N) is 1. The monoisotopic (exact) mass is 186 g/mol. The van der Waals surface area contributed by atoms with Gasteiger partial charge in [0, 0.05) is 5.69 Å². The molecule has 1 aromatic rings. The highest BCUT2D eigenvalue weighted by atomic mass is 32.2. The Morgan fingerprint density at radius 2 is 2.08 bits per heavy atom. The van der Waals surface area contributed by atoms with Crippen molar-refractivity contribution in [3.05, 3.63) is 23.8 Å². The number of anilines is 2. The van der Waals surface area contributed by atoms with E-state index in [4.69, 9.17) is 5.73 Å². The zero-order chi connectivity index (χ0) is 9.14. The van der Waals surface area contributed by atoms with E-state index in [1.54, 1.807) is 25.1 Å². The minimum Gasteiger partial charge on any atom is -0.399 e. The summed E-state index contributed by atoms with van der Waals surface area (Å²) in [5.41, 5.74) is 7.49. The lowest BCUT2D eigenvalue weighted by atomic mass is 10.2. The lowest BCUT2D eigenvalue weighted by Crippen LogP contribution is -1.97. The van der Waals surface area contributed by atoms with Crippen molar-refractivity contribution in [1.29, 1.82) is 0 Å². The molecule has 0 amide bonds. The Hall–Kier alpha value is -1.23. The molecule has 0 atom stereocenters. The van der Waals surface area contributed by atoms with Gasteiger partial charge >= 0.3 is 0 Å². The number of hydrogen-bond acceptors (Lipinski definition) is 3. The van der Waals surface area contributed by atoms with Gasteiger partial charge in [-0.2, -0.15) is 0 Å². The van der Waals surface area contributed by atoms with Crippen LogP contribution in [0.1, 0.15) is 5.56 Å². The third-order valence-electron chi connectivity index (χ3n) is 1.46. The predicted molar refractivity (Wildman–Crippen MR) is 49.5 cm³/mol. The highest BCUT2D eigenvalue weighted by Gasteiger charge is 1.97. The minimum atomic E-state index is -2.59. The Morgan fingerprint density at radius 1 is 1.42 bits per heavy atom. The quantitative estimate of drug-likeness (QED) is 0.465. The number of thiol groups is 1. The Kier molecular flexibility index (Phi) is 2.54. The fraction of sp³-hybridized carbons (Fsp3) is 0.143. The molecule has 0 radical (unpaired) electrons. The molecule has 4 nitrogen and oxygen atoms in total. The summed E-state index contributed by atoms with van der Waals surface area (Å²) < 4.78 is 22.9. The van der Waals surface area contributed by atoms with Gasteiger partial charge in [0.1, 0.15) is 0 Å². The molecular weight excluding hydrogens is 176 g/mol. The molecule has 3 N–H and O–H groups in total. The molecule has 0 saturated carbocycles. The summed E-state index contributed by atoms with van der Waals surface area (Å²) in [4.78, 5) is 0. The van der Waals surface area contributed by atoms with Gasteiger partial charge in [-0.05, 0) is 30.7 Å². The average molecular weight is 186 g/mol. The molecular formula is C7H10N2O2S. The number of aryl methyl sites for hydroxylation is 1. The minimum absolute atomic E-state index is 0.570. The second-order valence-corrected chi connectivity index (χ2v) is 3.18. The molecule has 0 aliphatic rings. The van der Waals surface area contributed by atoms with Crippen LogP contribution >= 0.6 is 0 Å². The third-order valence-corrected chi connectivity index (χ3v) is 1.89. The van der Waals surface area contributed by atoms with Crippen molar-refractivity contribution in [2.45, 2.75) is 6.92 Å². The van der Waals surface area contributed by atoms with Crippen LogP contribution in [0.25, 0.3) is 0 Å². The van der Waals surface area contributed by atoms with E-state index in [0.29, 0.717) is 11.4 Å². The summed E-state index contributed by atoms with van der Waals surface area (Å²) in [6, 6.07) is 4.99. The van der Waals surface area contributed by atoms with Crippen LogP contribution < -0.4 is 10.5 Å². The van der Waals surface area contributed by atoms with Gasteiger partial charge in [-0.1, -0.05) is 0 Å². The number of nitrogen functional groups attached to an aromatic ring is 1. The van der Waals surface area contributed by atoms with Gasteiger partial charge in [0.2, 0.25) is 10.9 Å². The van der Waals surface area contributed by atoms with E-state index in [2.05, 4.69) is 4.72 Å². The highest BCUT2D eigenvalue weighted by molar-refractivity contribution is 7.73. The summed E-state index contributed by atoms with van der Waals surface area (Å²) >= 11 is 0. The number of rotatable bonds is 2. The van der Waals surface area contributed by atoms with Crippen LogP contribution in [0.2, 0.25) is 0 Å². The lowest BCUT2D eigenvalue weighted by molar-refractivity contribution is 0.619. The molecule has 0 aliphatic carbocycles. The maximum atomic E-state index is 10.3. The van der Waals surface area contributed by atoms with Crippen molar-refractivity contribution in [1.82, 2.24) is 0 Å². The maximum absolute atomic E-state index is 10.3. The van der Waals surface area contributed by atoms with E-state index in [1.807, 2.05) is 0 Å². The van der Waals surface area contributed by atoms with Gasteiger partial charge < -0.3 is 5.73 Å². The summed E-state index contributed by atoms with van der Waals surface area (Å²) in [5.74, 6) is 0. The van der Waals surface area contributed by atoms with E-state index in [1.165, 1.54) is 0 Å². The van der Waals surface area contributed by atoms with E-state index in [0.717, 1.165) is 5.56 Å². The predicted octanol–water partition coefficient (Wildman–Crippen LogP) is 0.516. The summed E-state index contributed by atoms with van der Waals surface area (Å²) in [7, 11) is -2.59. The van der Waals surface area contributed by atoms with Crippen molar-refractivity contribution in [2.75, 3.05) is 10.5 Å². The number of hydrogen-bond donors (Lipinski definition) is 3. The molecule has 1 aromatic carbocycles. The second kappa shape index (κ2) is 3.44. The van der Waals surface area contributed by atoms with Gasteiger partial charge in [0.05, 0.1) is 5.69 Å². The molecule has 12 heavy (non-hydrogen) atoms. The smallest absolute Gasteiger partial charge is 0.222 e. The topological polar surface area (TPSA) is 72.2 Å². The first-order valence-electron chi connectivity index (χ1n) is 3.37. The summed E-state index contributed by atoms with van der Waals surface area (Å²) in [5, 5.41) is 0.